The predicted octanol–water partition coefficient (Wildman–Crippen LogP) is 2.07. The molecule has 0 saturated heterocycles. The van der Waals surface area contributed by atoms with Crippen molar-refractivity contribution in [1.29, 1.82) is 0 Å². The molecule has 0 unspecified atom stereocenters. The van der Waals surface area contributed by atoms with Gasteiger partial charge in [0, 0.05) is 11.1 Å². The maximum atomic E-state index is 11.8. The molecule has 4 heteroatoms. The summed E-state index contributed by atoms with van der Waals surface area (Å²) in [7, 11) is 0. The van der Waals surface area contributed by atoms with Gasteiger partial charge in [0.1, 0.15) is 0 Å². The maximum Gasteiger partial charge on any atom is 0.197 e. The van der Waals surface area contributed by atoms with E-state index in [0.29, 0.717) is 17.7 Å². The van der Waals surface area contributed by atoms with E-state index in [0.717, 1.165) is 0 Å². The molecule has 80 valence electrons. The number of ketones is 2. The van der Waals surface area contributed by atoms with Gasteiger partial charge in [0.05, 0.1) is 6.54 Å². The molecule has 0 aromatic heterocycles. The van der Waals surface area contributed by atoms with Crippen LogP contribution in [0.4, 0.5) is 0 Å². The van der Waals surface area contributed by atoms with Gasteiger partial charge in [-0.3, -0.25) is 9.59 Å². The number of carbonyl (C=O) groups is 2. The quantitative estimate of drug-likeness (QED) is 0.439. The second-order valence-electron chi connectivity index (χ2n) is 3.40. The smallest absolute Gasteiger partial charge is 0.197 e. The van der Waals surface area contributed by atoms with Crippen LogP contribution in [0.5, 0.6) is 0 Å². The summed E-state index contributed by atoms with van der Waals surface area (Å²) in [6.45, 7) is 3.79. The van der Waals surface area contributed by atoms with Gasteiger partial charge in [-0.25, -0.2) is 0 Å². The highest BCUT2D eigenvalue weighted by Crippen LogP contribution is 2.24. The average molecular weight is 214 g/mol. The van der Waals surface area contributed by atoms with Crippen molar-refractivity contribution in [2.24, 2.45) is 10.2 Å². The molecule has 0 heterocycles. The third kappa shape index (κ3) is 1.58. The zero-order chi connectivity index (χ0) is 11.5. The van der Waals surface area contributed by atoms with Gasteiger partial charge in [-0.15, -0.1) is 6.58 Å². The summed E-state index contributed by atoms with van der Waals surface area (Å²) < 4.78 is 0. The monoisotopic (exact) mass is 214 g/mol. The zero-order valence-electron chi connectivity index (χ0n) is 8.59. The van der Waals surface area contributed by atoms with E-state index in [4.69, 9.17) is 0 Å². The van der Waals surface area contributed by atoms with E-state index in [2.05, 4.69) is 16.8 Å². The highest BCUT2D eigenvalue weighted by atomic mass is 16.2. The second kappa shape index (κ2) is 4.18. The minimum atomic E-state index is -0.989. The highest BCUT2D eigenvalue weighted by Gasteiger charge is 2.38. The number of azo groups is 1. The van der Waals surface area contributed by atoms with Gasteiger partial charge in [0.2, 0.25) is 0 Å². The first kappa shape index (κ1) is 10.4. The van der Waals surface area contributed by atoms with Gasteiger partial charge in [0.25, 0.3) is 0 Å². The van der Waals surface area contributed by atoms with Gasteiger partial charge in [-0.05, 0) is 0 Å². The summed E-state index contributed by atoms with van der Waals surface area (Å²) in [5.74, 6) is -0.540. The fourth-order valence-corrected chi connectivity index (χ4v) is 1.62. The van der Waals surface area contributed by atoms with Crippen molar-refractivity contribution >= 4 is 11.6 Å². The Bertz CT molecular complexity index is 457. The second-order valence-corrected chi connectivity index (χ2v) is 3.40. The van der Waals surface area contributed by atoms with Crippen molar-refractivity contribution in [2.75, 3.05) is 6.54 Å². The minimum absolute atomic E-state index is 0.270. The Morgan fingerprint density at radius 1 is 1.19 bits per heavy atom. The van der Waals surface area contributed by atoms with E-state index in [-0.39, 0.29) is 11.6 Å². The van der Waals surface area contributed by atoms with E-state index >= 15 is 0 Å². The SMILES string of the molecule is C=CC/N=N/C1C(=O)c2ccccc2C1=O. The molecule has 1 aliphatic rings. The Labute approximate surface area is 92.7 Å². The molecule has 0 bridgehead atoms. The normalized spacial score (nSPS) is 15.8. The molecule has 1 aromatic rings. The van der Waals surface area contributed by atoms with E-state index in [1.807, 2.05) is 0 Å². The molecule has 16 heavy (non-hydrogen) atoms. The molecular formula is C12H10N2O2. The Hall–Kier alpha value is -2.10. The molecule has 2 rings (SSSR count). The van der Waals surface area contributed by atoms with Crippen molar-refractivity contribution in [3.05, 3.63) is 48.0 Å². The van der Waals surface area contributed by atoms with Crippen LogP contribution >= 0.6 is 0 Å². The Balaban J connectivity index is 2.31. The Kier molecular flexibility index (Phi) is 2.72. The number of Topliss-reactive ketones (excluding diaryl/α,β-unsaturated/α-hetero) is 2. The lowest BCUT2D eigenvalue weighted by molar-refractivity contribution is 0.0890. The number of fused-ring (bicyclic) bond motifs is 1. The number of hydrogen-bond acceptors (Lipinski definition) is 4. The maximum absolute atomic E-state index is 11.8. The topological polar surface area (TPSA) is 58.9 Å². The molecule has 0 amide bonds. The number of nitrogens with zero attached hydrogens (tertiary/aromatic N) is 2. The van der Waals surface area contributed by atoms with Crippen LogP contribution in [0.15, 0.2) is 47.1 Å². The van der Waals surface area contributed by atoms with Crippen molar-refractivity contribution < 1.29 is 9.59 Å². The first-order valence-corrected chi connectivity index (χ1v) is 4.90. The van der Waals surface area contributed by atoms with Crippen LogP contribution in [0.2, 0.25) is 0 Å². The molecule has 0 atom stereocenters. The van der Waals surface area contributed by atoms with Crippen molar-refractivity contribution in [3.8, 4) is 0 Å². The molecule has 0 aliphatic heterocycles. The number of rotatable bonds is 3. The summed E-state index contributed by atoms with van der Waals surface area (Å²) in [4.78, 5) is 23.6. The Morgan fingerprint density at radius 3 is 2.25 bits per heavy atom. The molecule has 1 aromatic carbocycles. The van der Waals surface area contributed by atoms with Crippen LogP contribution < -0.4 is 0 Å². The summed E-state index contributed by atoms with van der Waals surface area (Å²) in [5.41, 5.74) is 0.880. The van der Waals surface area contributed by atoms with Crippen molar-refractivity contribution in [1.82, 2.24) is 0 Å². The summed E-state index contributed by atoms with van der Waals surface area (Å²) in [5, 5.41) is 7.47. The largest absolute Gasteiger partial charge is 0.291 e. The lowest BCUT2D eigenvalue weighted by Crippen LogP contribution is -2.18. The average Bonchev–Trinajstić information content (AvgIpc) is 2.55. The van der Waals surface area contributed by atoms with E-state index in [1.165, 1.54) is 0 Å². The van der Waals surface area contributed by atoms with E-state index < -0.39 is 6.04 Å². The summed E-state index contributed by atoms with van der Waals surface area (Å²) >= 11 is 0. The molecule has 4 nitrogen and oxygen atoms in total. The number of carbonyl (C=O) groups excluding carboxylic acids is 2. The predicted molar refractivity (Wildman–Crippen MR) is 58.8 cm³/mol. The fraction of sp³-hybridized carbons (Fsp3) is 0.167. The van der Waals surface area contributed by atoms with E-state index in [9.17, 15) is 9.59 Å². The summed E-state index contributed by atoms with van der Waals surface area (Å²) in [6, 6.07) is 5.75. The van der Waals surface area contributed by atoms with Crippen LogP contribution in [-0.2, 0) is 0 Å². The van der Waals surface area contributed by atoms with Gasteiger partial charge in [0.15, 0.2) is 17.6 Å². The first-order valence-electron chi connectivity index (χ1n) is 4.90. The molecule has 1 aliphatic carbocycles. The van der Waals surface area contributed by atoms with Gasteiger partial charge in [-0.1, -0.05) is 30.3 Å². The highest BCUT2D eigenvalue weighted by molar-refractivity contribution is 6.29. The minimum Gasteiger partial charge on any atom is -0.291 e. The van der Waals surface area contributed by atoms with Crippen LogP contribution in [0, 0.1) is 0 Å². The zero-order valence-corrected chi connectivity index (χ0v) is 8.59. The molecule has 0 radical (unpaired) electrons. The molecule has 0 saturated carbocycles. The molecule has 0 spiro atoms. The van der Waals surface area contributed by atoms with E-state index in [1.54, 1.807) is 30.3 Å². The number of hydrogen-bond donors (Lipinski definition) is 0. The number of benzene rings is 1. The Morgan fingerprint density at radius 2 is 1.75 bits per heavy atom. The lowest BCUT2D eigenvalue weighted by Gasteiger charge is -1.96. The third-order valence-electron chi connectivity index (χ3n) is 2.36. The molecule has 0 N–H and O–H groups in total. The van der Waals surface area contributed by atoms with Gasteiger partial charge < -0.3 is 0 Å². The fourth-order valence-electron chi connectivity index (χ4n) is 1.62. The van der Waals surface area contributed by atoms with Crippen LogP contribution in [0.25, 0.3) is 0 Å². The van der Waals surface area contributed by atoms with Gasteiger partial charge >= 0.3 is 0 Å². The van der Waals surface area contributed by atoms with Gasteiger partial charge in [-0.2, -0.15) is 10.2 Å². The van der Waals surface area contributed by atoms with Crippen LogP contribution in [0.1, 0.15) is 20.7 Å². The first-order chi connectivity index (χ1) is 7.75. The molecular weight excluding hydrogens is 204 g/mol. The van der Waals surface area contributed by atoms with Crippen molar-refractivity contribution in [2.45, 2.75) is 6.04 Å². The van der Waals surface area contributed by atoms with Crippen molar-refractivity contribution in [3.63, 3.8) is 0 Å². The van der Waals surface area contributed by atoms with Crippen LogP contribution in [-0.4, -0.2) is 24.2 Å². The lowest BCUT2D eigenvalue weighted by atomic mass is 10.1. The molecule has 0 fully saturated rings. The summed E-state index contributed by atoms with van der Waals surface area (Å²) in [6.07, 6.45) is 1.56. The van der Waals surface area contributed by atoms with Crippen LogP contribution in [0.3, 0.4) is 0 Å². The standard InChI is InChI=1S/C12H10N2O2/c1-2-7-13-14-10-11(15)8-5-3-4-6-9(8)12(10)16/h2-6,10H,1,7H2/b14-13+. The third-order valence-corrected chi connectivity index (χ3v) is 2.36.